The van der Waals surface area contributed by atoms with Crippen molar-refractivity contribution < 1.29 is 9.21 Å². The van der Waals surface area contributed by atoms with E-state index in [0.717, 1.165) is 18.6 Å². The molecule has 1 saturated carbocycles. The van der Waals surface area contributed by atoms with Gasteiger partial charge in [-0.1, -0.05) is 20.8 Å². The van der Waals surface area contributed by atoms with E-state index in [0.29, 0.717) is 19.0 Å². The van der Waals surface area contributed by atoms with Crippen molar-refractivity contribution in [2.24, 2.45) is 11.1 Å². The van der Waals surface area contributed by atoms with E-state index in [-0.39, 0.29) is 17.4 Å². The fraction of sp³-hybridized carbons (Fsp3) is 0.667. The van der Waals surface area contributed by atoms with Gasteiger partial charge in [-0.25, -0.2) is 0 Å². The molecule has 1 aromatic rings. The molecule has 1 heterocycles. The van der Waals surface area contributed by atoms with Gasteiger partial charge < -0.3 is 15.1 Å². The second kappa shape index (κ2) is 5.37. The number of carbonyl (C=O) groups is 1. The van der Waals surface area contributed by atoms with Crippen molar-refractivity contribution in [1.29, 1.82) is 0 Å². The minimum Gasteiger partial charge on any atom is -0.467 e. The standard InChI is InChI=1S/C15H24N2O2/c1-15(2,3)13(16)9-14(18)17(11-6-7-11)10-12-5-4-8-19-12/h4-5,8,11,13H,6-7,9-10,16H2,1-3H3. The number of rotatable bonds is 5. The molecule has 2 rings (SSSR count). The van der Waals surface area contributed by atoms with Crippen molar-refractivity contribution in [1.82, 2.24) is 4.90 Å². The molecular weight excluding hydrogens is 240 g/mol. The third kappa shape index (κ3) is 3.83. The van der Waals surface area contributed by atoms with Crippen LogP contribution in [-0.4, -0.2) is 22.9 Å². The lowest BCUT2D eigenvalue weighted by Gasteiger charge is -2.29. The Morgan fingerprint density at radius 1 is 1.53 bits per heavy atom. The van der Waals surface area contributed by atoms with Crippen molar-refractivity contribution in [2.75, 3.05) is 0 Å². The third-order valence-electron chi connectivity index (χ3n) is 3.72. The Balaban J connectivity index is 1.97. The lowest BCUT2D eigenvalue weighted by molar-refractivity contribution is -0.133. The second-order valence-corrected chi connectivity index (χ2v) is 6.51. The first-order chi connectivity index (χ1) is 8.88. The van der Waals surface area contributed by atoms with Crippen LogP contribution in [0.5, 0.6) is 0 Å². The summed E-state index contributed by atoms with van der Waals surface area (Å²) in [4.78, 5) is 14.3. The summed E-state index contributed by atoms with van der Waals surface area (Å²) in [7, 11) is 0. The summed E-state index contributed by atoms with van der Waals surface area (Å²) >= 11 is 0. The van der Waals surface area contributed by atoms with Gasteiger partial charge in [0.05, 0.1) is 12.8 Å². The van der Waals surface area contributed by atoms with Crippen LogP contribution in [0.3, 0.4) is 0 Å². The first kappa shape index (κ1) is 14.1. The van der Waals surface area contributed by atoms with Crippen molar-refractivity contribution in [3.63, 3.8) is 0 Å². The number of amides is 1. The summed E-state index contributed by atoms with van der Waals surface area (Å²) in [5.41, 5.74) is 6.07. The third-order valence-corrected chi connectivity index (χ3v) is 3.72. The largest absolute Gasteiger partial charge is 0.467 e. The molecular formula is C15H24N2O2. The Labute approximate surface area is 114 Å². The molecule has 1 aromatic heterocycles. The van der Waals surface area contributed by atoms with Gasteiger partial charge in [0, 0.05) is 18.5 Å². The Bertz CT molecular complexity index is 416. The molecule has 4 heteroatoms. The first-order valence-corrected chi connectivity index (χ1v) is 6.95. The van der Waals surface area contributed by atoms with Gasteiger partial charge in [0.1, 0.15) is 5.76 Å². The highest BCUT2D eigenvalue weighted by Crippen LogP contribution is 2.30. The number of hydrogen-bond acceptors (Lipinski definition) is 3. The highest BCUT2D eigenvalue weighted by molar-refractivity contribution is 5.77. The Kier molecular flexibility index (Phi) is 3.99. The zero-order valence-electron chi connectivity index (χ0n) is 12.1. The number of hydrogen-bond donors (Lipinski definition) is 1. The molecule has 19 heavy (non-hydrogen) atoms. The van der Waals surface area contributed by atoms with Gasteiger partial charge in [-0.05, 0) is 30.4 Å². The van der Waals surface area contributed by atoms with Crippen molar-refractivity contribution in [3.05, 3.63) is 24.2 Å². The normalized spacial score (nSPS) is 17.3. The van der Waals surface area contributed by atoms with Crippen LogP contribution in [0.1, 0.15) is 45.8 Å². The van der Waals surface area contributed by atoms with E-state index < -0.39 is 0 Å². The van der Waals surface area contributed by atoms with Gasteiger partial charge >= 0.3 is 0 Å². The molecule has 0 aliphatic heterocycles. The molecule has 1 unspecified atom stereocenters. The molecule has 106 valence electrons. The topological polar surface area (TPSA) is 59.5 Å². The van der Waals surface area contributed by atoms with E-state index in [4.69, 9.17) is 10.2 Å². The summed E-state index contributed by atoms with van der Waals surface area (Å²) in [6.07, 6.45) is 4.24. The molecule has 2 N–H and O–H groups in total. The molecule has 4 nitrogen and oxygen atoms in total. The monoisotopic (exact) mass is 264 g/mol. The van der Waals surface area contributed by atoms with Crippen LogP contribution in [0.2, 0.25) is 0 Å². The Morgan fingerprint density at radius 3 is 2.68 bits per heavy atom. The van der Waals surface area contributed by atoms with Crippen LogP contribution in [0, 0.1) is 5.41 Å². The predicted octanol–water partition coefficient (Wildman–Crippen LogP) is 2.53. The summed E-state index contributed by atoms with van der Waals surface area (Å²) < 4.78 is 5.34. The predicted molar refractivity (Wildman–Crippen MR) is 74.3 cm³/mol. The van der Waals surface area contributed by atoms with E-state index >= 15 is 0 Å². The van der Waals surface area contributed by atoms with Crippen molar-refractivity contribution in [2.45, 2.75) is 58.7 Å². The van der Waals surface area contributed by atoms with Gasteiger partial charge in [0.2, 0.25) is 5.91 Å². The smallest absolute Gasteiger partial charge is 0.224 e. The van der Waals surface area contributed by atoms with Gasteiger partial charge in [-0.2, -0.15) is 0 Å². The summed E-state index contributed by atoms with van der Waals surface area (Å²) in [5.74, 6) is 0.978. The lowest BCUT2D eigenvalue weighted by Crippen LogP contribution is -2.42. The highest BCUT2D eigenvalue weighted by atomic mass is 16.3. The van der Waals surface area contributed by atoms with Crippen molar-refractivity contribution in [3.8, 4) is 0 Å². The molecule has 0 radical (unpaired) electrons. The number of nitrogens with two attached hydrogens (primary N) is 1. The van der Waals surface area contributed by atoms with Crippen LogP contribution in [0.25, 0.3) is 0 Å². The van der Waals surface area contributed by atoms with E-state index in [2.05, 4.69) is 20.8 Å². The average Bonchev–Trinajstić information content (AvgIpc) is 3.02. The minimum atomic E-state index is -0.113. The fourth-order valence-electron chi connectivity index (χ4n) is 1.99. The lowest BCUT2D eigenvalue weighted by atomic mass is 9.85. The summed E-state index contributed by atoms with van der Waals surface area (Å²) in [6, 6.07) is 4.03. The molecule has 1 amide bonds. The summed E-state index contributed by atoms with van der Waals surface area (Å²) in [6.45, 7) is 6.77. The van der Waals surface area contributed by atoms with E-state index in [1.54, 1.807) is 6.26 Å². The van der Waals surface area contributed by atoms with E-state index in [1.165, 1.54) is 0 Å². The molecule has 1 aliphatic carbocycles. The second-order valence-electron chi connectivity index (χ2n) is 6.51. The van der Waals surface area contributed by atoms with Crippen LogP contribution < -0.4 is 5.73 Å². The average molecular weight is 264 g/mol. The first-order valence-electron chi connectivity index (χ1n) is 6.95. The van der Waals surface area contributed by atoms with Crippen LogP contribution >= 0.6 is 0 Å². The van der Waals surface area contributed by atoms with Crippen molar-refractivity contribution >= 4 is 5.91 Å². The zero-order valence-corrected chi connectivity index (χ0v) is 12.1. The van der Waals surface area contributed by atoms with Gasteiger partial charge in [-0.15, -0.1) is 0 Å². The van der Waals surface area contributed by atoms with Crippen LogP contribution in [0.4, 0.5) is 0 Å². The molecule has 0 bridgehead atoms. The quantitative estimate of drug-likeness (QED) is 0.889. The van der Waals surface area contributed by atoms with Gasteiger partial charge in [-0.3, -0.25) is 4.79 Å². The zero-order chi connectivity index (χ0) is 14.0. The van der Waals surface area contributed by atoms with Gasteiger partial charge in [0.25, 0.3) is 0 Å². The van der Waals surface area contributed by atoms with Gasteiger partial charge in [0.15, 0.2) is 0 Å². The fourth-order valence-corrected chi connectivity index (χ4v) is 1.99. The molecule has 1 atom stereocenters. The van der Waals surface area contributed by atoms with Crippen LogP contribution in [-0.2, 0) is 11.3 Å². The minimum absolute atomic E-state index is 0.0461. The maximum atomic E-state index is 12.4. The maximum Gasteiger partial charge on any atom is 0.224 e. The SMILES string of the molecule is CC(C)(C)C(N)CC(=O)N(Cc1ccco1)C1CC1. The molecule has 0 aromatic carbocycles. The van der Waals surface area contributed by atoms with E-state index in [9.17, 15) is 4.79 Å². The number of nitrogens with zero attached hydrogens (tertiary/aromatic N) is 1. The molecule has 1 fully saturated rings. The molecule has 0 spiro atoms. The van der Waals surface area contributed by atoms with E-state index in [1.807, 2.05) is 17.0 Å². The molecule has 0 saturated heterocycles. The van der Waals surface area contributed by atoms with Crippen LogP contribution in [0.15, 0.2) is 22.8 Å². The Hall–Kier alpha value is -1.29. The highest BCUT2D eigenvalue weighted by Gasteiger charge is 2.34. The number of furan rings is 1. The molecule has 1 aliphatic rings. The maximum absolute atomic E-state index is 12.4. The number of carbonyl (C=O) groups excluding carboxylic acids is 1. The Morgan fingerprint density at radius 2 is 2.21 bits per heavy atom. The summed E-state index contributed by atoms with van der Waals surface area (Å²) in [5, 5.41) is 0.